The molecule has 0 fully saturated rings. The zero-order chi connectivity index (χ0) is 14.7. The minimum atomic E-state index is -0.355. The summed E-state index contributed by atoms with van der Waals surface area (Å²) >= 11 is 9.42. The van der Waals surface area contributed by atoms with E-state index in [1.807, 2.05) is 12.1 Å². The van der Waals surface area contributed by atoms with E-state index in [2.05, 4.69) is 21.4 Å². The van der Waals surface area contributed by atoms with Crippen molar-refractivity contribution in [2.75, 3.05) is 5.73 Å². The molecule has 0 saturated heterocycles. The number of benzene rings is 2. The Morgan fingerprint density at radius 2 is 2.05 bits per heavy atom. The second-order valence-corrected chi connectivity index (χ2v) is 5.72. The van der Waals surface area contributed by atoms with Crippen LogP contribution in [0.1, 0.15) is 17.2 Å². The highest BCUT2D eigenvalue weighted by atomic mass is 79.9. The standard InChI is InChI=1S/C14H14BrClFN3/c15-8-4-5-13(18)10(6-8)14(20-19)7-9-11(16)2-1-3-12(9)17/h1-6,14,20H,7,18-19H2. The Hall–Kier alpha value is -1.14. The molecule has 0 aromatic heterocycles. The first-order chi connectivity index (χ1) is 9.52. The first-order valence-electron chi connectivity index (χ1n) is 5.97. The van der Waals surface area contributed by atoms with Crippen LogP contribution in [0.4, 0.5) is 10.1 Å². The van der Waals surface area contributed by atoms with Crippen LogP contribution in [0.15, 0.2) is 40.9 Å². The van der Waals surface area contributed by atoms with Crippen LogP contribution < -0.4 is 17.0 Å². The average molecular weight is 359 g/mol. The Balaban J connectivity index is 2.36. The van der Waals surface area contributed by atoms with Crippen molar-refractivity contribution in [3.8, 4) is 0 Å². The van der Waals surface area contributed by atoms with E-state index in [1.165, 1.54) is 6.07 Å². The molecule has 0 aliphatic heterocycles. The molecule has 106 valence electrons. The van der Waals surface area contributed by atoms with E-state index in [0.29, 0.717) is 22.7 Å². The number of hydrogen-bond donors (Lipinski definition) is 3. The molecular formula is C14H14BrClFN3. The summed E-state index contributed by atoms with van der Waals surface area (Å²) in [6, 6.07) is 9.72. The fraction of sp³-hybridized carbons (Fsp3) is 0.143. The highest BCUT2D eigenvalue weighted by Gasteiger charge is 2.18. The number of hydrazine groups is 1. The monoisotopic (exact) mass is 357 g/mol. The maximum absolute atomic E-state index is 13.8. The van der Waals surface area contributed by atoms with Crippen LogP contribution in [-0.2, 0) is 6.42 Å². The van der Waals surface area contributed by atoms with Gasteiger partial charge in [0, 0.05) is 20.7 Å². The third-order valence-electron chi connectivity index (χ3n) is 3.10. The lowest BCUT2D eigenvalue weighted by Crippen LogP contribution is -2.30. The molecule has 0 saturated carbocycles. The van der Waals surface area contributed by atoms with Crippen molar-refractivity contribution >= 4 is 33.2 Å². The van der Waals surface area contributed by atoms with Gasteiger partial charge in [-0.15, -0.1) is 0 Å². The van der Waals surface area contributed by atoms with Crippen LogP contribution >= 0.6 is 27.5 Å². The molecule has 0 radical (unpaired) electrons. The molecular weight excluding hydrogens is 345 g/mol. The van der Waals surface area contributed by atoms with Gasteiger partial charge >= 0.3 is 0 Å². The summed E-state index contributed by atoms with van der Waals surface area (Å²) in [5.41, 5.74) is 10.4. The van der Waals surface area contributed by atoms with E-state index < -0.39 is 0 Å². The Bertz CT molecular complexity index is 601. The summed E-state index contributed by atoms with van der Waals surface area (Å²) in [7, 11) is 0. The fourth-order valence-corrected chi connectivity index (χ4v) is 2.66. The van der Waals surface area contributed by atoms with Gasteiger partial charge in [0.15, 0.2) is 0 Å². The van der Waals surface area contributed by atoms with Gasteiger partial charge in [0.1, 0.15) is 5.82 Å². The highest BCUT2D eigenvalue weighted by Crippen LogP contribution is 2.29. The molecule has 6 heteroatoms. The van der Waals surface area contributed by atoms with E-state index >= 15 is 0 Å². The molecule has 0 amide bonds. The van der Waals surface area contributed by atoms with Crippen molar-refractivity contribution in [2.45, 2.75) is 12.5 Å². The van der Waals surface area contributed by atoms with Gasteiger partial charge in [-0.05, 0) is 42.3 Å². The highest BCUT2D eigenvalue weighted by molar-refractivity contribution is 9.10. The quantitative estimate of drug-likeness (QED) is 0.445. The van der Waals surface area contributed by atoms with Crippen molar-refractivity contribution in [1.29, 1.82) is 0 Å². The first-order valence-corrected chi connectivity index (χ1v) is 7.14. The number of halogens is 3. The third-order valence-corrected chi connectivity index (χ3v) is 3.94. The van der Waals surface area contributed by atoms with Crippen molar-refractivity contribution < 1.29 is 4.39 Å². The third kappa shape index (κ3) is 3.30. The maximum Gasteiger partial charge on any atom is 0.127 e. The Kier molecular flexibility index (Phi) is 4.99. The van der Waals surface area contributed by atoms with Crippen LogP contribution in [0.25, 0.3) is 0 Å². The van der Waals surface area contributed by atoms with E-state index in [4.69, 9.17) is 23.2 Å². The normalized spacial score (nSPS) is 12.4. The van der Waals surface area contributed by atoms with Crippen LogP contribution in [0.3, 0.4) is 0 Å². The molecule has 1 atom stereocenters. The Morgan fingerprint density at radius 1 is 1.30 bits per heavy atom. The number of rotatable bonds is 4. The molecule has 5 N–H and O–H groups in total. The largest absolute Gasteiger partial charge is 0.398 e. The van der Waals surface area contributed by atoms with E-state index in [-0.39, 0.29) is 11.9 Å². The molecule has 0 bridgehead atoms. The van der Waals surface area contributed by atoms with E-state index in [1.54, 1.807) is 18.2 Å². The number of nitrogens with two attached hydrogens (primary N) is 2. The van der Waals surface area contributed by atoms with Gasteiger partial charge in [-0.3, -0.25) is 11.3 Å². The minimum absolute atomic E-state index is 0.308. The van der Waals surface area contributed by atoms with Crippen molar-refractivity contribution in [3.05, 3.63) is 62.8 Å². The summed E-state index contributed by atoms with van der Waals surface area (Å²) in [6.45, 7) is 0. The van der Waals surface area contributed by atoms with Crippen molar-refractivity contribution in [1.82, 2.24) is 5.43 Å². The van der Waals surface area contributed by atoms with Crippen LogP contribution in [0, 0.1) is 5.82 Å². The Morgan fingerprint density at radius 3 is 2.70 bits per heavy atom. The van der Waals surface area contributed by atoms with E-state index in [0.717, 1.165) is 10.0 Å². The van der Waals surface area contributed by atoms with Gasteiger partial charge < -0.3 is 5.73 Å². The van der Waals surface area contributed by atoms with Gasteiger partial charge in [0.25, 0.3) is 0 Å². The van der Waals surface area contributed by atoms with Gasteiger partial charge in [-0.1, -0.05) is 33.6 Å². The average Bonchev–Trinajstić information content (AvgIpc) is 2.42. The maximum atomic E-state index is 13.8. The molecule has 1 unspecified atom stereocenters. The van der Waals surface area contributed by atoms with Gasteiger partial charge in [0.2, 0.25) is 0 Å². The topological polar surface area (TPSA) is 64.1 Å². The summed E-state index contributed by atoms with van der Waals surface area (Å²) < 4.78 is 14.7. The fourth-order valence-electron chi connectivity index (χ4n) is 2.04. The van der Waals surface area contributed by atoms with Crippen LogP contribution in [0.2, 0.25) is 5.02 Å². The van der Waals surface area contributed by atoms with Gasteiger partial charge in [0.05, 0.1) is 6.04 Å². The molecule has 2 rings (SSSR count). The smallest absolute Gasteiger partial charge is 0.127 e. The zero-order valence-corrected chi connectivity index (χ0v) is 12.9. The number of hydrogen-bond acceptors (Lipinski definition) is 3. The van der Waals surface area contributed by atoms with Gasteiger partial charge in [-0.2, -0.15) is 0 Å². The lowest BCUT2D eigenvalue weighted by molar-refractivity contribution is 0.530. The Labute approximate surface area is 130 Å². The lowest BCUT2D eigenvalue weighted by atomic mass is 9.97. The van der Waals surface area contributed by atoms with E-state index in [9.17, 15) is 4.39 Å². The predicted octanol–water partition coefficient (Wildman–Crippen LogP) is 3.57. The second-order valence-electron chi connectivity index (χ2n) is 4.40. The summed E-state index contributed by atoms with van der Waals surface area (Å²) in [6.07, 6.45) is 0.308. The number of anilines is 1. The molecule has 2 aromatic rings. The molecule has 0 aliphatic carbocycles. The summed E-state index contributed by atoms with van der Waals surface area (Å²) in [4.78, 5) is 0. The molecule has 0 aliphatic rings. The van der Waals surface area contributed by atoms with Crippen molar-refractivity contribution in [3.63, 3.8) is 0 Å². The minimum Gasteiger partial charge on any atom is -0.398 e. The predicted molar refractivity (Wildman–Crippen MR) is 83.7 cm³/mol. The molecule has 3 nitrogen and oxygen atoms in total. The number of nitrogens with one attached hydrogen (secondary N) is 1. The van der Waals surface area contributed by atoms with Crippen LogP contribution in [0.5, 0.6) is 0 Å². The molecule has 20 heavy (non-hydrogen) atoms. The first kappa shape index (κ1) is 15.3. The SMILES string of the molecule is NNC(Cc1c(F)cccc1Cl)c1cc(Br)ccc1N. The molecule has 0 heterocycles. The summed E-state index contributed by atoms with van der Waals surface area (Å²) in [5.74, 6) is 5.23. The molecule has 0 spiro atoms. The second kappa shape index (κ2) is 6.54. The number of nitrogen functional groups attached to an aromatic ring is 1. The zero-order valence-electron chi connectivity index (χ0n) is 10.5. The van der Waals surface area contributed by atoms with Crippen molar-refractivity contribution in [2.24, 2.45) is 5.84 Å². The lowest BCUT2D eigenvalue weighted by Gasteiger charge is -2.19. The molecule has 2 aromatic carbocycles. The van der Waals surface area contributed by atoms with Gasteiger partial charge in [-0.25, -0.2) is 4.39 Å². The summed E-state index contributed by atoms with van der Waals surface area (Å²) in [5, 5.41) is 0.374. The van der Waals surface area contributed by atoms with Crippen LogP contribution in [-0.4, -0.2) is 0 Å².